The van der Waals surface area contributed by atoms with Gasteiger partial charge in [0.05, 0.1) is 18.8 Å². The quantitative estimate of drug-likeness (QED) is 0.804. The molecule has 142 valence electrons. The number of hydrogen-bond donors (Lipinski definition) is 1. The minimum absolute atomic E-state index is 0.280. The number of carbonyl (C=O) groups is 2. The molecule has 0 saturated carbocycles. The summed E-state index contributed by atoms with van der Waals surface area (Å²) in [5.74, 6) is -0.368. The lowest BCUT2D eigenvalue weighted by atomic mass is 9.92. The normalized spacial score (nSPS) is 16.2. The summed E-state index contributed by atoms with van der Waals surface area (Å²) in [6.45, 7) is 2.26. The van der Waals surface area contributed by atoms with E-state index in [-0.39, 0.29) is 12.6 Å². The van der Waals surface area contributed by atoms with Crippen molar-refractivity contribution in [3.05, 3.63) is 59.7 Å². The van der Waals surface area contributed by atoms with E-state index in [1.54, 1.807) is 12.0 Å². The van der Waals surface area contributed by atoms with Gasteiger partial charge < -0.3 is 14.7 Å². The van der Waals surface area contributed by atoms with Crippen LogP contribution in [0.1, 0.15) is 36.9 Å². The van der Waals surface area contributed by atoms with Gasteiger partial charge in [0, 0.05) is 12.1 Å². The highest BCUT2D eigenvalue weighted by Crippen LogP contribution is 2.41. The van der Waals surface area contributed by atoms with Gasteiger partial charge in [-0.25, -0.2) is 4.79 Å². The minimum Gasteiger partial charge on any atom is -0.497 e. The third kappa shape index (κ3) is 3.74. The van der Waals surface area contributed by atoms with Crippen LogP contribution in [0.25, 0.3) is 0 Å². The van der Waals surface area contributed by atoms with Crippen molar-refractivity contribution in [1.29, 1.82) is 0 Å². The Morgan fingerprint density at radius 3 is 2.67 bits per heavy atom. The first-order valence-corrected chi connectivity index (χ1v) is 9.09. The molecule has 1 aliphatic rings. The smallest absolute Gasteiger partial charge is 0.325 e. The van der Waals surface area contributed by atoms with E-state index in [4.69, 9.17) is 4.74 Å². The zero-order chi connectivity index (χ0) is 19.4. The first kappa shape index (κ1) is 18.8. The number of carboxylic acids is 1. The summed E-state index contributed by atoms with van der Waals surface area (Å²) >= 11 is 0. The molecule has 0 radical (unpaired) electrons. The molecule has 6 heteroatoms. The number of methoxy groups -OCH3 is 1. The van der Waals surface area contributed by atoms with Gasteiger partial charge in [-0.2, -0.15) is 0 Å². The van der Waals surface area contributed by atoms with Crippen LogP contribution in [0.15, 0.2) is 48.5 Å². The summed E-state index contributed by atoms with van der Waals surface area (Å²) in [7, 11) is 1.58. The van der Waals surface area contributed by atoms with Gasteiger partial charge in [0.2, 0.25) is 0 Å². The van der Waals surface area contributed by atoms with Crippen molar-refractivity contribution in [3.8, 4) is 5.75 Å². The number of ether oxygens (including phenoxy) is 1. The first-order chi connectivity index (χ1) is 13.1. The van der Waals surface area contributed by atoms with E-state index in [0.717, 1.165) is 29.7 Å². The molecule has 0 fully saturated rings. The third-order valence-electron chi connectivity index (χ3n) is 4.76. The van der Waals surface area contributed by atoms with Gasteiger partial charge in [0.1, 0.15) is 12.3 Å². The van der Waals surface area contributed by atoms with Crippen molar-refractivity contribution in [2.24, 2.45) is 0 Å². The molecular formula is C21H24N2O4. The van der Waals surface area contributed by atoms with Crippen LogP contribution >= 0.6 is 0 Å². The number of hydrogen-bond acceptors (Lipinski definition) is 3. The summed E-state index contributed by atoms with van der Waals surface area (Å²) in [5.41, 5.74) is 2.58. The van der Waals surface area contributed by atoms with Gasteiger partial charge in [-0.05, 0) is 30.2 Å². The molecular weight excluding hydrogens is 344 g/mol. The van der Waals surface area contributed by atoms with Crippen LogP contribution in [0.4, 0.5) is 10.5 Å². The highest BCUT2D eigenvalue weighted by Gasteiger charge is 2.39. The molecule has 0 bridgehead atoms. The zero-order valence-corrected chi connectivity index (χ0v) is 15.6. The van der Waals surface area contributed by atoms with E-state index in [0.29, 0.717) is 12.3 Å². The number of rotatable bonds is 7. The van der Waals surface area contributed by atoms with E-state index in [1.807, 2.05) is 48.5 Å². The Labute approximate surface area is 159 Å². The number of carboxylic acid groups (broad SMARTS) is 1. The lowest BCUT2D eigenvalue weighted by molar-refractivity contribution is -0.138. The fourth-order valence-electron chi connectivity index (χ4n) is 3.51. The highest BCUT2D eigenvalue weighted by atomic mass is 16.5. The number of carbonyl (C=O) groups excluding carboxylic acids is 1. The van der Waals surface area contributed by atoms with E-state index in [1.165, 1.54) is 4.90 Å². The Bertz CT molecular complexity index is 836. The third-order valence-corrected chi connectivity index (χ3v) is 4.76. The van der Waals surface area contributed by atoms with Crippen molar-refractivity contribution in [2.75, 3.05) is 25.1 Å². The van der Waals surface area contributed by atoms with Crippen molar-refractivity contribution >= 4 is 17.7 Å². The second-order valence-corrected chi connectivity index (χ2v) is 6.55. The molecule has 2 aromatic rings. The topological polar surface area (TPSA) is 70.1 Å². The van der Waals surface area contributed by atoms with Gasteiger partial charge in [-0.15, -0.1) is 0 Å². The van der Waals surface area contributed by atoms with Gasteiger partial charge in [0.25, 0.3) is 0 Å². The molecule has 2 aromatic carbocycles. The lowest BCUT2D eigenvalue weighted by Crippen LogP contribution is -2.51. The molecule has 0 aromatic heterocycles. The van der Waals surface area contributed by atoms with Crippen molar-refractivity contribution < 1.29 is 19.4 Å². The predicted octanol–water partition coefficient (Wildman–Crippen LogP) is 3.91. The van der Waals surface area contributed by atoms with Crippen LogP contribution in [0, 0.1) is 0 Å². The maximum atomic E-state index is 13.2. The maximum absolute atomic E-state index is 13.2. The molecule has 1 heterocycles. The summed E-state index contributed by atoms with van der Waals surface area (Å²) in [4.78, 5) is 27.9. The molecule has 3 rings (SSSR count). The van der Waals surface area contributed by atoms with Gasteiger partial charge in [-0.3, -0.25) is 9.69 Å². The van der Waals surface area contributed by atoms with Crippen LogP contribution < -0.4 is 9.64 Å². The number of aliphatic carboxylic acids is 1. The Balaban J connectivity index is 2.14. The van der Waals surface area contributed by atoms with Crippen LogP contribution in [0.5, 0.6) is 5.75 Å². The fraction of sp³-hybridized carbons (Fsp3) is 0.333. The Morgan fingerprint density at radius 1 is 1.19 bits per heavy atom. The van der Waals surface area contributed by atoms with Gasteiger partial charge in [0.15, 0.2) is 0 Å². The molecule has 1 atom stereocenters. The second-order valence-electron chi connectivity index (χ2n) is 6.55. The largest absolute Gasteiger partial charge is 0.497 e. The summed E-state index contributed by atoms with van der Waals surface area (Å²) in [5, 5.41) is 9.42. The SMILES string of the molecule is CCCCN1C(=O)N(CC(=O)O)C(c2cccc(OC)c2)c2ccccc21. The molecule has 1 unspecified atom stereocenters. The summed E-state index contributed by atoms with van der Waals surface area (Å²) in [6.07, 6.45) is 1.80. The van der Waals surface area contributed by atoms with Crippen LogP contribution in [0.3, 0.4) is 0 Å². The summed E-state index contributed by atoms with van der Waals surface area (Å²) < 4.78 is 5.32. The summed E-state index contributed by atoms with van der Waals surface area (Å²) in [6, 6.07) is 14.4. The van der Waals surface area contributed by atoms with Gasteiger partial charge >= 0.3 is 12.0 Å². The molecule has 0 saturated heterocycles. The van der Waals surface area contributed by atoms with E-state index in [2.05, 4.69) is 6.92 Å². The number of benzene rings is 2. The number of nitrogens with zero attached hydrogens (tertiary/aromatic N) is 2. The Kier molecular flexibility index (Phi) is 5.64. The average Bonchev–Trinajstić information content (AvgIpc) is 2.68. The first-order valence-electron chi connectivity index (χ1n) is 9.09. The fourth-order valence-corrected chi connectivity index (χ4v) is 3.51. The molecule has 6 nitrogen and oxygen atoms in total. The minimum atomic E-state index is -1.04. The van der Waals surface area contributed by atoms with Gasteiger partial charge in [-0.1, -0.05) is 43.7 Å². The highest BCUT2D eigenvalue weighted by molar-refractivity contribution is 5.97. The van der Waals surface area contributed by atoms with Crippen LogP contribution in [-0.2, 0) is 4.79 Å². The lowest BCUT2D eigenvalue weighted by Gasteiger charge is -2.42. The molecule has 0 aliphatic carbocycles. The standard InChI is InChI=1S/C21H24N2O4/c1-3-4-12-22-18-11-6-5-10-17(18)20(23(21(22)26)14-19(24)25)15-8-7-9-16(13-15)27-2/h5-11,13,20H,3-4,12,14H2,1-2H3,(H,24,25). The molecule has 1 N–H and O–H groups in total. The number of anilines is 1. The second kappa shape index (κ2) is 8.12. The monoisotopic (exact) mass is 368 g/mol. The number of urea groups is 1. The zero-order valence-electron chi connectivity index (χ0n) is 15.6. The van der Waals surface area contributed by atoms with E-state index < -0.39 is 12.0 Å². The molecule has 1 aliphatic heterocycles. The number of unbranched alkanes of at least 4 members (excludes halogenated alkanes) is 1. The number of para-hydroxylation sites is 1. The van der Waals surface area contributed by atoms with E-state index in [9.17, 15) is 14.7 Å². The van der Waals surface area contributed by atoms with Crippen LogP contribution in [0.2, 0.25) is 0 Å². The number of amides is 2. The number of fused-ring (bicyclic) bond motifs is 1. The van der Waals surface area contributed by atoms with Crippen molar-refractivity contribution in [1.82, 2.24) is 4.90 Å². The van der Waals surface area contributed by atoms with E-state index >= 15 is 0 Å². The predicted molar refractivity (Wildman–Crippen MR) is 103 cm³/mol. The molecule has 2 amide bonds. The maximum Gasteiger partial charge on any atom is 0.325 e. The van der Waals surface area contributed by atoms with Crippen LogP contribution in [-0.4, -0.2) is 42.2 Å². The van der Waals surface area contributed by atoms with Crippen molar-refractivity contribution in [3.63, 3.8) is 0 Å². The average molecular weight is 368 g/mol. The Morgan fingerprint density at radius 2 is 1.96 bits per heavy atom. The Hall–Kier alpha value is -3.02. The molecule has 0 spiro atoms. The van der Waals surface area contributed by atoms with Crippen molar-refractivity contribution in [2.45, 2.75) is 25.8 Å². The molecule has 27 heavy (non-hydrogen) atoms.